The summed E-state index contributed by atoms with van der Waals surface area (Å²) in [7, 11) is 0. The first-order chi connectivity index (χ1) is 10.3. The standard InChI is InChI=1S/C18H30N2S/c1-3-9-19-14-16(2)18-7-5-17(6-8-18)15-20-10-4-12-21-13-11-20/h5-8,16,19H,3-4,9-15H2,1-2H3. The summed E-state index contributed by atoms with van der Waals surface area (Å²) in [5.41, 5.74) is 2.91. The van der Waals surface area contributed by atoms with Crippen LogP contribution in [0.3, 0.4) is 0 Å². The zero-order chi connectivity index (χ0) is 14.9. The van der Waals surface area contributed by atoms with Crippen LogP contribution < -0.4 is 5.32 Å². The zero-order valence-electron chi connectivity index (χ0n) is 13.6. The monoisotopic (exact) mass is 306 g/mol. The molecular formula is C18H30N2S. The zero-order valence-corrected chi connectivity index (χ0v) is 14.4. The van der Waals surface area contributed by atoms with Crippen LogP contribution in [0.25, 0.3) is 0 Å². The van der Waals surface area contributed by atoms with Gasteiger partial charge in [0.15, 0.2) is 0 Å². The number of rotatable bonds is 7. The van der Waals surface area contributed by atoms with Gasteiger partial charge < -0.3 is 5.32 Å². The first-order valence-corrected chi connectivity index (χ1v) is 9.54. The number of nitrogens with one attached hydrogen (secondary N) is 1. The molecule has 1 unspecified atom stereocenters. The lowest BCUT2D eigenvalue weighted by molar-refractivity contribution is 0.287. The summed E-state index contributed by atoms with van der Waals surface area (Å²) >= 11 is 2.10. The molecule has 0 radical (unpaired) electrons. The third-order valence-electron chi connectivity index (χ3n) is 4.15. The lowest BCUT2D eigenvalue weighted by atomic mass is 9.99. The molecule has 0 aliphatic carbocycles. The van der Waals surface area contributed by atoms with Gasteiger partial charge in [-0.2, -0.15) is 11.8 Å². The van der Waals surface area contributed by atoms with Gasteiger partial charge in [0, 0.05) is 25.4 Å². The molecule has 1 heterocycles. The van der Waals surface area contributed by atoms with E-state index in [1.54, 1.807) is 0 Å². The summed E-state index contributed by atoms with van der Waals surface area (Å²) in [6.07, 6.45) is 2.54. The Kier molecular flexibility index (Phi) is 7.62. The highest BCUT2D eigenvalue weighted by atomic mass is 32.2. The van der Waals surface area contributed by atoms with Gasteiger partial charge >= 0.3 is 0 Å². The molecule has 1 fully saturated rings. The molecule has 1 aliphatic heterocycles. The van der Waals surface area contributed by atoms with E-state index >= 15 is 0 Å². The van der Waals surface area contributed by atoms with Crippen molar-refractivity contribution in [3.63, 3.8) is 0 Å². The molecule has 0 saturated carbocycles. The Morgan fingerprint density at radius 2 is 2.00 bits per heavy atom. The smallest absolute Gasteiger partial charge is 0.0234 e. The third-order valence-corrected chi connectivity index (χ3v) is 5.20. The van der Waals surface area contributed by atoms with E-state index in [4.69, 9.17) is 0 Å². The van der Waals surface area contributed by atoms with Gasteiger partial charge in [0.25, 0.3) is 0 Å². The highest BCUT2D eigenvalue weighted by Crippen LogP contribution is 2.17. The van der Waals surface area contributed by atoms with Crippen molar-refractivity contribution < 1.29 is 0 Å². The summed E-state index contributed by atoms with van der Waals surface area (Å²) in [5.74, 6) is 3.22. The van der Waals surface area contributed by atoms with E-state index < -0.39 is 0 Å². The summed E-state index contributed by atoms with van der Waals surface area (Å²) in [6.45, 7) is 10.3. The van der Waals surface area contributed by atoms with Gasteiger partial charge in [-0.05, 0) is 48.7 Å². The van der Waals surface area contributed by atoms with Crippen molar-refractivity contribution in [2.75, 3.05) is 37.7 Å². The number of hydrogen-bond acceptors (Lipinski definition) is 3. The van der Waals surface area contributed by atoms with Crippen LogP contribution in [0.4, 0.5) is 0 Å². The SMILES string of the molecule is CCCNCC(C)c1ccc(CN2CCCSCC2)cc1. The van der Waals surface area contributed by atoms with Crippen LogP contribution in [0.5, 0.6) is 0 Å². The second-order valence-corrected chi connectivity index (χ2v) is 7.31. The van der Waals surface area contributed by atoms with Crippen LogP contribution >= 0.6 is 11.8 Å². The molecule has 0 spiro atoms. The molecule has 118 valence electrons. The van der Waals surface area contributed by atoms with Crippen LogP contribution in [-0.4, -0.2) is 42.6 Å². The molecule has 1 N–H and O–H groups in total. The Bertz CT molecular complexity index is 383. The van der Waals surface area contributed by atoms with Gasteiger partial charge in [0.05, 0.1) is 0 Å². The number of nitrogens with zero attached hydrogens (tertiary/aromatic N) is 1. The van der Waals surface area contributed by atoms with Crippen LogP contribution in [0.15, 0.2) is 24.3 Å². The molecular weight excluding hydrogens is 276 g/mol. The summed E-state index contributed by atoms with van der Waals surface area (Å²) in [5, 5.41) is 3.51. The molecule has 21 heavy (non-hydrogen) atoms. The first-order valence-electron chi connectivity index (χ1n) is 8.39. The number of hydrogen-bond donors (Lipinski definition) is 1. The van der Waals surface area contributed by atoms with E-state index in [1.165, 1.54) is 48.6 Å². The van der Waals surface area contributed by atoms with E-state index in [-0.39, 0.29) is 0 Å². The Labute approximate surface area is 134 Å². The Balaban J connectivity index is 1.83. The van der Waals surface area contributed by atoms with Crippen molar-refractivity contribution in [3.8, 4) is 0 Å². The van der Waals surface area contributed by atoms with Gasteiger partial charge in [0.2, 0.25) is 0 Å². The van der Waals surface area contributed by atoms with Crippen LogP contribution in [-0.2, 0) is 6.54 Å². The third kappa shape index (κ3) is 6.01. The molecule has 3 heteroatoms. The lowest BCUT2D eigenvalue weighted by Gasteiger charge is -2.20. The minimum atomic E-state index is 0.597. The normalized spacial score (nSPS) is 18.4. The van der Waals surface area contributed by atoms with Crippen LogP contribution in [0.2, 0.25) is 0 Å². The largest absolute Gasteiger partial charge is 0.316 e. The minimum absolute atomic E-state index is 0.597. The van der Waals surface area contributed by atoms with E-state index in [2.05, 4.69) is 60.1 Å². The highest BCUT2D eigenvalue weighted by molar-refractivity contribution is 7.99. The van der Waals surface area contributed by atoms with Gasteiger partial charge in [-0.1, -0.05) is 38.1 Å². The van der Waals surface area contributed by atoms with Gasteiger partial charge in [-0.15, -0.1) is 0 Å². The molecule has 1 saturated heterocycles. The van der Waals surface area contributed by atoms with Crippen molar-refractivity contribution in [2.24, 2.45) is 0 Å². The van der Waals surface area contributed by atoms with Gasteiger partial charge in [0.1, 0.15) is 0 Å². The van der Waals surface area contributed by atoms with Gasteiger partial charge in [-0.3, -0.25) is 4.90 Å². The first kappa shape index (κ1) is 16.9. The Morgan fingerprint density at radius 1 is 1.19 bits per heavy atom. The maximum Gasteiger partial charge on any atom is 0.0234 e. The summed E-state index contributed by atoms with van der Waals surface area (Å²) < 4.78 is 0. The molecule has 0 aromatic heterocycles. The second kappa shape index (κ2) is 9.50. The molecule has 2 nitrogen and oxygen atoms in total. The predicted molar refractivity (Wildman–Crippen MR) is 95.2 cm³/mol. The molecule has 1 aliphatic rings. The quantitative estimate of drug-likeness (QED) is 0.773. The van der Waals surface area contributed by atoms with E-state index in [0.717, 1.165) is 19.6 Å². The maximum atomic E-state index is 3.51. The molecule has 1 aromatic rings. The Morgan fingerprint density at radius 3 is 2.76 bits per heavy atom. The lowest BCUT2D eigenvalue weighted by Crippen LogP contribution is -2.25. The van der Waals surface area contributed by atoms with E-state index in [9.17, 15) is 0 Å². The minimum Gasteiger partial charge on any atom is -0.316 e. The van der Waals surface area contributed by atoms with E-state index in [0.29, 0.717) is 5.92 Å². The number of thioether (sulfide) groups is 1. The fourth-order valence-electron chi connectivity index (χ4n) is 2.78. The maximum absolute atomic E-state index is 3.51. The molecule has 0 amide bonds. The van der Waals surface area contributed by atoms with E-state index in [1.807, 2.05) is 0 Å². The second-order valence-electron chi connectivity index (χ2n) is 6.09. The Hall–Kier alpha value is -0.510. The molecule has 0 bridgehead atoms. The number of benzene rings is 1. The van der Waals surface area contributed by atoms with Crippen molar-refractivity contribution in [3.05, 3.63) is 35.4 Å². The van der Waals surface area contributed by atoms with Crippen molar-refractivity contribution in [1.82, 2.24) is 10.2 Å². The fraction of sp³-hybridized carbons (Fsp3) is 0.667. The van der Waals surface area contributed by atoms with Gasteiger partial charge in [-0.25, -0.2) is 0 Å². The summed E-state index contributed by atoms with van der Waals surface area (Å²) in [6, 6.07) is 9.29. The molecule has 1 aromatic carbocycles. The average molecular weight is 307 g/mol. The highest BCUT2D eigenvalue weighted by Gasteiger charge is 2.10. The van der Waals surface area contributed by atoms with Crippen molar-refractivity contribution >= 4 is 11.8 Å². The topological polar surface area (TPSA) is 15.3 Å². The molecule has 2 rings (SSSR count). The average Bonchev–Trinajstić information content (AvgIpc) is 2.77. The molecule has 1 atom stereocenters. The van der Waals surface area contributed by atoms with Crippen molar-refractivity contribution in [1.29, 1.82) is 0 Å². The van der Waals surface area contributed by atoms with Crippen LogP contribution in [0.1, 0.15) is 43.7 Å². The van der Waals surface area contributed by atoms with Crippen molar-refractivity contribution in [2.45, 2.75) is 39.2 Å². The summed E-state index contributed by atoms with van der Waals surface area (Å²) in [4.78, 5) is 2.60. The predicted octanol–water partition coefficient (Wildman–Crippen LogP) is 3.73. The fourth-order valence-corrected chi connectivity index (χ4v) is 3.70. The van der Waals surface area contributed by atoms with Crippen LogP contribution in [0, 0.1) is 0 Å².